The summed E-state index contributed by atoms with van der Waals surface area (Å²) >= 11 is 6.09. The Balaban J connectivity index is 2.20. The molecule has 1 aromatic rings. The molecule has 2 unspecified atom stereocenters. The minimum absolute atomic E-state index is 0.140. The molecule has 2 rings (SSSR count). The van der Waals surface area contributed by atoms with Gasteiger partial charge in [0.1, 0.15) is 5.75 Å². The molecule has 118 valence electrons. The summed E-state index contributed by atoms with van der Waals surface area (Å²) in [7, 11) is -1.22. The highest BCUT2D eigenvalue weighted by atomic mass is 35.5. The number of rotatable bonds is 5. The van der Waals surface area contributed by atoms with E-state index in [1.807, 2.05) is 13.8 Å². The van der Waals surface area contributed by atoms with Crippen molar-refractivity contribution < 1.29 is 13.2 Å². The molecule has 0 spiro atoms. The van der Waals surface area contributed by atoms with E-state index in [0.717, 1.165) is 22.6 Å². The number of hydrogen-bond acceptors (Lipinski definition) is 4. The van der Waals surface area contributed by atoms with Crippen LogP contribution in [0.1, 0.15) is 23.2 Å². The molecule has 1 aromatic heterocycles. The lowest BCUT2D eigenvalue weighted by molar-refractivity contribution is 0.387. The van der Waals surface area contributed by atoms with Crippen LogP contribution in [0.15, 0.2) is 6.20 Å². The number of alkyl halides is 1. The molecule has 0 aliphatic carbocycles. The van der Waals surface area contributed by atoms with E-state index in [1.54, 1.807) is 13.3 Å². The summed E-state index contributed by atoms with van der Waals surface area (Å²) in [6.45, 7) is 3.95. The molecule has 0 aromatic carbocycles. The van der Waals surface area contributed by atoms with Gasteiger partial charge >= 0.3 is 0 Å². The Hall–Kier alpha value is -0.810. The summed E-state index contributed by atoms with van der Waals surface area (Å²) in [4.78, 5) is 4.49. The fourth-order valence-corrected chi connectivity index (χ4v) is 5.35. The summed E-state index contributed by atoms with van der Waals surface area (Å²) in [6, 6.07) is 0. The number of pyridine rings is 1. The molecule has 0 radical (unpaired) electrons. The van der Waals surface area contributed by atoms with Crippen molar-refractivity contribution in [2.75, 3.05) is 24.5 Å². The molecule has 0 bridgehead atoms. The average molecular weight is 332 g/mol. The number of aromatic nitrogens is 1. The second kappa shape index (κ2) is 6.53. The van der Waals surface area contributed by atoms with Gasteiger partial charge < -0.3 is 4.74 Å². The Bertz CT molecular complexity index is 616. The van der Waals surface area contributed by atoms with Gasteiger partial charge in [0.25, 0.3) is 0 Å². The van der Waals surface area contributed by atoms with Gasteiger partial charge in [-0.15, -0.1) is 11.6 Å². The highest BCUT2D eigenvalue weighted by molar-refractivity contribution is 7.91. The highest BCUT2D eigenvalue weighted by Crippen LogP contribution is 2.32. The number of methoxy groups -OCH3 is 1. The summed E-state index contributed by atoms with van der Waals surface area (Å²) < 4.78 is 28.7. The molecule has 1 aliphatic rings. The minimum atomic E-state index is -2.88. The smallest absolute Gasteiger partial charge is 0.150 e. The average Bonchev–Trinajstić information content (AvgIpc) is 2.79. The third kappa shape index (κ3) is 3.69. The van der Waals surface area contributed by atoms with Gasteiger partial charge in [-0.2, -0.15) is 0 Å². The first-order valence-corrected chi connectivity index (χ1v) is 9.49. The summed E-state index contributed by atoms with van der Waals surface area (Å²) in [5, 5.41) is 0. The SMILES string of the molecule is COc1c(C)cnc(CC(CCl)C2CCS(=O)(=O)C2)c1C. The molecular weight excluding hydrogens is 310 g/mol. The Morgan fingerprint density at radius 3 is 2.71 bits per heavy atom. The van der Waals surface area contributed by atoms with Gasteiger partial charge in [0.05, 0.1) is 18.6 Å². The molecule has 1 fully saturated rings. The fraction of sp³-hybridized carbons (Fsp3) is 0.667. The van der Waals surface area contributed by atoms with Crippen LogP contribution in [-0.4, -0.2) is 37.9 Å². The van der Waals surface area contributed by atoms with Gasteiger partial charge in [-0.3, -0.25) is 4.98 Å². The highest BCUT2D eigenvalue weighted by Gasteiger charge is 2.33. The number of ether oxygens (including phenoxy) is 1. The molecular formula is C15H22ClNO3S. The summed E-state index contributed by atoms with van der Waals surface area (Å²) in [6.07, 6.45) is 3.21. The van der Waals surface area contributed by atoms with Crippen molar-refractivity contribution in [2.45, 2.75) is 26.7 Å². The van der Waals surface area contributed by atoms with Crippen LogP contribution in [0.25, 0.3) is 0 Å². The van der Waals surface area contributed by atoms with Crippen molar-refractivity contribution in [3.63, 3.8) is 0 Å². The van der Waals surface area contributed by atoms with E-state index in [1.165, 1.54) is 0 Å². The van der Waals surface area contributed by atoms with Crippen molar-refractivity contribution >= 4 is 21.4 Å². The van der Waals surface area contributed by atoms with Gasteiger partial charge in [0.2, 0.25) is 0 Å². The summed E-state index contributed by atoms with van der Waals surface area (Å²) in [5.41, 5.74) is 2.98. The van der Waals surface area contributed by atoms with Gasteiger partial charge in [0, 0.05) is 28.9 Å². The zero-order valence-corrected chi connectivity index (χ0v) is 14.3. The number of aryl methyl sites for hydroxylation is 1. The van der Waals surface area contributed by atoms with Crippen molar-refractivity contribution in [3.05, 3.63) is 23.0 Å². The normalized spacial score (nSPS) is 22.2. The predicted molar refractivity (Wildman–Crippen MR) is 84.9 cm³/mol. The van der Waals surface area contributed by atoms with Gasteiger partial charge in [0.15, 0.2) is 9.84 Å². The van der Waals surface area contributed by atoms with E-state index in [0.29, 0.717) is 18.7 Å². The lowest BCUT2D eigenvalue weighted by Gasteiger charge is -2.21. The van der Waals surface area contributed by atoms with E-state index < -0.39 is 9.84 Å². The molecule has 1 saturated heterocycles. The van der Waals surface area contributed by atoms with Crippen molar-refractivity contribution in [3.8, 4) is 5.75 Å². The van der Waals surface area contributed by atoms with Crippen LogP contribution in [0.4, 0.5) is 0 Å². The Kier molecular flexibility index (Phi) is 5.15. The second-order valence-electron chi connectivity index (χ2n) is 5.83. The fourth-order valence-electron chi connectivity index (χ4n) is 3.07. The van der Waals surface area contributed by atoms with E-state index in [2.05, 4.69) is 4.98 Å². The van der Waals surface area contributed by atoms with E-state index in [-0.39, 0.29) is 23.3 Å². The monoisotopic (exact) mass is 331 g/mol. The van der Waals surface area contributed by atoms with E-state index in [4.69, 9.17) is 16.3 Å². The first-order chi connectivity index (χ1) is 9.88. The van der Waals surface area contributed by atoms with Crippen LogP contribution < -0.4 is 4.74 Å². The Morgan fingerprint density at radius 1 is 1.48 bits per heavy atom. The molecule has 2 atom stereocenters. The zero-order valence-electron chi connectivity index (χ0n) is 12.7. The molecule has 2 heterocycles. The number of halogens is 1. The predicted octanol–water partition coefficient (Wildman–Crippen LogP) is 2.54. The van der Waals surface area contributed by atoms with Crippen molar-refractivity contribution in [1.82, 2.24) is 4.98 Å². The number of sulfone groups is 1. The quantitative estimate of drug-likeness (QED) is 0.778. The molecule has 4 nitrogen and oxygen atoms in total. The van der Waals surface area contributed by atoms with E-state index >= 15 is 0 Å². The first-order valence-electron chi connectivity index (χ1n) is 7.13. The topological polar surface area (TPSA) is 56.3 Å². The first kappa shape index (κ1) is 16.6. The summed E-state index contributed by atoms with van der Waals surface area (Å²) in [5.74, 6) is 2.13. The standard InChI is InChI=1S/C15H22ClNO3S/c1-10-8-17-14(11(2)15(10)20-3)6-13(7-16)12-4-5-21(18,19)9-12/h8,12-13H,4-7,9H2,1-3H3. The largest absolute Gasteiger partial charge is 0.496 e. The number of hydrogen-bond donors (Lipinski definition) is 0. The van der Waals surface area contributed by atoms with E-state index in [9.17, 15) is 8.42 Å². The maximum atomic E-state index is 11.6. The lowest BCUT2D eigenvalue weighted by Crippen LogP contribution is -2.21. The maximum Gasteiger partial charge on any atom is 0.150 e. The maximum absolute atomic E-state index is 11.6. The molecule has 6 heteroatoms. The zero-order chi connectivity index (χ0) is 15.6. The molecule has 1 aliphatic heterocycles. The van der Waals surface area contributed by atoms with Crippen LogP contribution in [0.5, 0.6) is 5.75 Å². The van der Waals surface area contributed by atoms with Crippen LogP contribution in [0.2, 0.25) is 0 Å². The van der Waals surface area contributed by atoms with Crippen LogP contribution in [-0.2, 0) is 16.3 Å². The van der Waals surface area contributed by atoms with Crippen molar-refractivity contribution in [1.29, 1.82) is 0 Å². The second-order valence-corrected chi connectivity index (χ2v) is 8.37. The van der Waals surface area contributed by atoms with Crippen LogP contribution >= 0.6 is 11.6 Å². The van der Waals surface area contributed by atoms with Crippen molar-refractivity contribution in [2.24, 2.45) is 11.8 Å². The van der Waals surface area contributed by atoms with Gasteiger partial charge in [-0.25, -0.2) is 8.42 Å². The third-order valence-corrected chi connectivity index (χ3v) is 6.53. The number of nitrogens with zero attached hydrogens (tertiary/aromatic N) is 1. The Morgan fingerprint density at radius 2 is 2.19 bits per heavy atom. The van der Waals surface area contributed by atoms with Gasteiger partial charge in [-0.05, 0) is 38.5 Å². The molecule has 0 N–H and O–H groups in total. The third-order valence-electron chi connectivity index (χ3n) is 4.34. The minimum Gasteiger partial charge on any atom is -0.496 e. The van der Waals surface area contributed by atoms with Gasteiger partial charge in [-0.1, -0.05) is 0 Å². The Labute approximate surface area is 131 Å². The lowest BCUT2D eigenvalue weighted by atomic mass is 9.88. The van der Waals surface area contributed by atoms with Crippen LogP contribution in [0.3, 0.4) is 0 Å². The van der Waals surface area contributed by atoms with Crippen LogP contribution in [0, 0.1) is 25.7 Å². The molecule has 21 heavy (non-hydrogen) atoms. The molecule has 0 saturated carbocycles. The molecule has 0 amide bonds.